The smallest absolute Gasteiger partial charge is 0.327 e. The number of cyclic esters (lactones) is 2. The van der Waals surface area contributed by atoms with Gasteiger partial charge in [-0.1, -0.05) is 91.0 Å². The summed E-state index contributed by atoms with van der Waals surface area (Å²) in [6, 6.07) is 35.0. The number of ether oxygens (including phenoxy) is 3. The van der Waals surface area contributed by atoms with Gasteiger partial charge < -0.3 is 14.2 Å². The van der Waals surface area contributed by atoms with E-state index in [4.69, 9.17) is 19.2 Å². The first-order valence-electron chi connectivity index (χ1n) is 14.6. The second-order valence-electron chi connectivity index (χ2n) is 11.3. The number of esters is 2. The summed E-state index contributed by atoms with van der Waals surface area (Å²) < 4.78 is 17.1. The van der Waals surface area contributed by atoms with Gasteiger partial charge in [-0.05, 0) is 41.8 Å². The lowest BCUT2D eigenvalue weighted by molar-refractivity contribution is -0.253. The fourth-order valence-electron chi connectivity index (χ4n) is 5.80. The maximum absolute atomic E-state index is 14.2. The summed E-state index contributed by atoms with van der Waals surface area (Å²) in [5, 5.41) is 9.56. The molecule has 1 aliphatic rings. The normalized spacial score (nSPS) is 16.2. The average molecular weight is 599 g/mol. The highest BCUT2D eigenvalue weighted by Gasteiger charge is 2.62. The summed E-state index contributed by atoms with van der Waals surface area (Å²) in [4.78, 5) is 33.9. The monoisotopic (exact) mass is 598 g/mol. The van der Waals surface area contributed by atoms with Gasteiger partial charge >= 0.3 is 11.9 Å². The van der Waals surface area contributed by atoms with Crippen LogP contribution in [0.1, 0.15) is 60.0 Å². The lowest BCUT2D eigenvalue weighted by Gasteiger charge is -2.45. The zero-order valence-electron chi connectivity index (χ0n) is 25.5. The standard InChI is InChI=1S/C38H34N2O5/c1-5-24-38(35(41)44-37(2,3)45-36(38)42)32(27-20-22-31(43-4)23-21-27)34(30-18-16-26(25-39)17-19-30)40-33(28-12-8-6-9-13-28)29-14-10-7-11-15-29/h5-23,32,34H,1,24H2,2-4H3. The van der Waals surface area contributed by atoms with Gasteiger partial charge in [0, 0.05) is 30.9 Å². The number of carbonyl (C=O) groups excluding carboxylic acids is 2. The van der Waals surface area contributed by atoms with Crippen LogP contribution < -0.4 is 4.74 Å². The molecule has 1 saturated heterocycles. The van der Waals surface area contributed by atoms with Crippen molar-refractivity contribution in [1.29, 1.82) is 5.26 Å². The van der Waals surface area contributed by atoms with Crippen molar-refractivity contribution in [2.24, 2.45) is 10.4 Å². The number of nitriles is 1. The second-order valence-corrected chi connectivity index (χ2v) is 11.3. The summed E-state index contributed by atoms with van der Waals surface area (Å²) in [5.41, 5.74) is 2.32. The quantitative estimate of drug-likeness (QED) is 0.0821. The number of allylic oxidation sites excluding steroid dienone is 1. The topological polar surface area (TPSA) is 98.0 Å². The molecule has 1 fully saturated rings. The van der Waals surface area contributed by atoms with E-state index in [1.807, 2.05) is 84.9 Å². The van der Waals surface area contributed by atoms with Crippen molar-refractivity contribution in [2.75, 3.05) is 7.11 Å². The first-order chi connectivity index (χ1) is 21.7. The third-order valence-corrected chi connectivity index (χ3v) is 7.94. The molecule has 0 radical (unpaired) electrons. The number of nitrogens with zero attached hydrogens (tertiary/aromatic N) is 2. The van der Waals surface area contributed by atoms with Crippen LogP contribution in [0.4, 0.5) is 0 Å². The minimum absolute atomic E-state index is 0.0637. The fourth-order valence-corrected chi connectivity index (χ4v) is 5.80. The Kier molecular flexibility index (Phi) is 8.96. The number of hydrogen-bond donors (Lipinski definition) is 0. The molecule has 0 saturated carbocycles. The minimum atomic E-state index is -1.84. The van der Waals surface area contributed by atoms with Gasteiger partial charge in [0.15, 0.2) is 5.41 Å². The Labute approximate surface area is 263 Å². The Morgan fingerprint density at radius 3 is 1.82 bits per heavy atom. The van der Waals surface area contributed by atoms with E-state index in [2.05, 4.69) is 12.6 Å². The Morgan fingerprint density at radius 2 is 1.36 bits per heavy atom. The van der Waals surface area contributed by atoms with Crippen molar-refractivity contribution in [3.05, 3.63) is 150 Å². The molecule has 226 valence electrons. The number of aliphatic imine (C=N–C) groups is 1. The molecular weight excluding hydrogens is 564 g/mol. The van der Waals surface area contributed by atoms with Crippen LogP contribution in [0.5, 0.6) is 5.75 Å². The Balaban J connectivity index is 1.86. The van der Waals surface area contributed by atoms with Crippen LogP contribution in [0.15, 0.2) is 127 Å². The van der Waals surface area contributed by atoms with Gasteiger partial charge in [-0.25, -0.2) is 0 Å². The minimum Gasteiger partial charge on any atom is -0.497 e. The molecule has 0 N–H and O–H groups in total. The summed E-state index contributed by atoms with van der Waals surface area (Å²) in [6.07, 6.45) is 1.47. The molecule has 0 spiro atoms. The Bertz CT molecular complexity index is 1680. The lowest BCUT2D eigenvalue weighted by atomic mass is 9.64. The fraction of sp³-hybridized carbons (Fsp3) is 0.211. The third-order valence-electron chi connectivity index (χ3n) is 7.94. The summed E-state index contributed by atoms with van der Waals surface area (Å²) >= 11 is 0. The SMILES string of the molecule is C=CCC1(C(c2ccc(OC)cc2)C(N=C(c2ccccc2)c2ccccc2)c2ccc(C#N)cc2)C(=O)OC(C)(C)OC1=O. The molecule has 7 heteroatoms. The van der Waals surface area contributed by atoms with Gasteiger partial charge in [-0.2, -0.15) is 5.26 Å². The van der Waals surface area contributed by atoms with Crippen LogP contribution in [0.25, 0.3) is 0 Å². The lowest BCUT2D eigenvalue weighted by Crippen LogP contribution is -2.57. The first-order valence-corrected chi connectivity index (χ1v) is 14.6. The molecule has 2 unspecified atom stereocenters. The van der Waals surface area contributed by atoms with E-state index in [-0.39, 0.29) is 6.42 Å². The van der Waals surface area contributed by atoms with Crippen LogP contribution in [-0.2, 0) is 19.1 Å². The van der Waals surface area contributed by atoms with E-state index in [1.54, 1.807) is 31.4 Å². The van der Waals surface area contributed by atoms with Crippen LogP contribution in [0.3, 0.4) is 0 Å². The highest BCUT2D eigenvalue weighted by atomic mass is 16.7. The highest BCUT2D eigenvalue weighted by Crippen LogP contribution is 2.53. The zero-order valence-corrected chi connectivity index (χ0v) is 25.5. The third kappa shape index (κ3) is 6.27. The van der Waals surface area contributed by atoms with Crippen LogP contribution in [-0.4, -0.2) is 30.5 Å². The van der Waals surface area contributed by atoms with E-state index in [9.17, 15) is 14.9 Å². The Morgan fingerprint density at radius 1 is 0.844 bits per heavy atom. The van der Waals surface area contributed by atoms with Crippen molar-refractivity contribution in [2.45, 2.75) is 38.0 Å². The van der Waals surface area contributed by atoms with Crippen molar-refractivity contribution in [1.82, 2.24) is 0 Å². The number of rotatable bonds is 10. The van der Waals surface area contributed by atoms with Gasteiger partial charge in [-0.3, -0.25) is 14.6 Å². The number of benzene rings is 4. The van der Waals surface area contributed by atoms with Gasteiger partial charge in [0.05, 0.1) is 30.5 Å². The number of hydrogen-bond acceptors (Lipinski definition) is 7. The second kappa shape index (κ2) is 13.0. The zero-order chi connectivity index (χ0) is 32.0. The number of carbonyl (C=O) groups is 2. The van der Waals surface area contributed by atoms with E-state index >= 15 is 0 Å². The van der Waals surface area contributed by atoms with Gasteiger partial charge in [0.2, 0.25) is 0 Å². The van der Waals surface area contributed by atoms with Crippen LogP contribution in [0.2, 0.25) is 0 Å². The molecule has 0 aromatic heterocycles. The molecule has 0 amide bonds. The van der Waals surface area contributed by atoms with Crippen molar-refractivity contribution in [3.8, 4) is 11.8 Å². The van der Waals surface area contributed by atoms with E-state index < -0.39 is 35.1 Å². The summed E-state index contributed by atoms with van der Waals surface area (Å²) in [7, 11) is 1.57. The summed E-state index contributed by atoms with van der Waals surface area (Å²) in [6.45, 7) is 6.97. The molecule has 45 heavy (non-hydrogen) atoms. The van der Waals surface area contributed by atoms with Crippen molar-refractivity contribution in [3.63, 3.8) is 0 Å². The predicted octanol–water partition coefficient (Wildman–Crippen LogP) is 7.33. The van der Waals surface area contributed by atoms with Crippen LogP contribution >= 0.6 is 0 Å². The molecule has 7 nitrogen and oxygen atoms in total. The van der Waals surface area contributed by atoms with E-state index in [0.29, 0.717) is 28.2 Å². The number of methoxy groups -OCH3 is 1. The molecular formula is C38H34N2O5. The molecule has 1 heterocycles. The molecule has 4 aromatic carbocycles. The predicted molar refractivity (Wildman–Crippen MR) is 172 cm³/mol. The van der Waals surface area contributed by atoms with Crippen molar-refractivity contribution < 1.29 is 23.8 Å². The molecule has 0 aliphatic carbocycles. The molecule has 5 rings (SSSR count). The van der Waals surface area contributed by atoms with Crippen molar-refractivity contribution >= 4 is 17.7 Å². The van der Waals surface area contributed by atoms with Gasteiger partial charge in [0.25, 0.3) is 5.79 Å². The molecule has 1 aliphatic heterocycles. The van der Waals surface area contributed by atoms with E-state index in [0.717, 1.165) is 11.1 Å². The highest BCUT2D eigenvalue weighted by molar-refractivity contribution is 6.13. The maximum Gasteiger partial charge on any atom is 0.327 e. The molecule has 4 aromatic rings. The summed E-state index contributed by atoms with van der Waals surface area (Å²) in [5.74, 6) is -3.21. The molecule has 2 atom stereocenters. The average Bonchev–Trinajstić information content (AvgIpc) is 3.06. The van der Waals surface area contributed by atoms with Gasteiger partial charge in [-0.15, -0.1) is 6.58 Å². The van der Waals surface area contributed by atoms with Gasteiger partial charge in [0.1, 0.15) is 5.75 Å². The molecule has 0 bridgehead atoms. The largest absolute Gasteiger partial charge is 0.497 e. The van der Waals surface area contributed by atoms with Crippen LogP contribution in [0, 0.1) is 16.7 Å². The first kappa shape index (κ1) is 31.0. The maximum atomic E-state index is 14.2. The Hall–Kier alpha value is -5.48. The van der Waals surface area contributed by atoms with E-state index in [1.165, 1.54) is 19.9 Å².